The zero-order chi connectivity index (χ0) is 22.8. The van der Waals surface area contributed by atoms with Crippen molar-refractivity contribution >= 4 is 84.6 Å². The number of benzene rings is 1. The van der Waals surface area contributed by atoms with E-state index in [2.05, 4.69) is 40.1 Å². The molecular weight excluding hydrogens is 455 g/mol. The lowest BCUT2D eigenvalue weighted by Crippen LogP contribution is -1.94. The van der Waals surface area contributed by atoms with E-state index in [4.69, 9.17) is 23.4 Å². The highest BCUT2D eigenvalue weighted by Crippen LogP contribution is 2.42. The maximum atomic E-state index is 9.81. The Morgan fingerprint density at radius 3 is 2.34 bits per heavy atom. The molecule has 1 aromatic carbocycles. The van der Waals surface area contributed by atoms with Crippen LogP contribution in [0.2, 0.25) is 0 Å². The summed E-state index contributed by atoms with van der Waals surface area (Å²) in [5.74, 6) is 0. The molecular formula is C24H19N5S3. The van der Waals surface area contributed by atoms with E-state index in [0.29, 0.717) is 28.1 Å². The molecule has 158 valence electrons. The Morgan fingerprint density at radius 1 is 1.12 bits per heavy atom. The van der Waals surface area contributed by atoms with Gasteiger partial charge in [-0.1, -0.05) is 19.1 Å². The Balaban J connectivity index is 1.87. The Bertz CT molecular complexity index is 1500. The maximum absolute atomic E-state index is 9.81. The summed E-state index contributed by atoms with van der Waals surface area (Å²) in [6, 6.07) is 14.1. The third-order valence-electron chi connectivity index (χ3n) is 5.11. The maximum Gasteiger partial charge on any atom is 0.100 e. The second kappa shape index (κ2) is 9.05. The summed E-state index contributed by atoms with van der Waals surface area (Å²) in [7, 11) is 0. The van der Waals surface area contributed by atoms with Crippen LogP contribution in [-0.2, 0) is 19.0 Å². The van der Waals surface area contributed by atoms with E-state index in [9.17, 15) is 5.26 Å². The van der Waals surface area contributed by atoms with Gasteiger partial charge in [0, 0.05) is 39.9 Å². The van der Waals surface area contributed by atoms with E-state index in [-0.39, 0.29) is 0 Å². The summed E-state index contributed by atoms with van der Waals surface area (Å²) in [5, 5.41) is 18.9. The Kier molecular flexibility index (Phi) is 6.20. The average molecular weight is 474 g/mol. The van der Waals surface area contributed by atoms with E-state index in [1.807, 2.05) is 25.1 Å². The van der Waals surface area contributed by atoms with Crippen molar-refractivity contribution in [2.75, 3.05) is 5.73 Å². The smallest absolute Gasteiger partial charge is 0.100 e. The summed E-state index contributed by atoms with van der Waals surface area (Å²) < 4.78 is 8.50. The van der Waals surface area contributed by atoms with Crippen LogP contribution in [0.15, 0.2) is 40.3 Å². The lowest BCUT2D eigenvalue weighted by molar-refractivity contribution is 0.724. The lowest BCUT2D eigenvalue weighted by Gasteiger charge is -2.06. The molecule has 0 radical (unpaired) electrons. The molecule has 4 rings (SSSR count). The van der Waals surface area contributed by atoms with E-state index in [1.165, 1.54) is 14.9 Å². The molecule has 5 nitrogen and oxygen atoms in total. The minimum atomic E-state index is 0.414. The molecule has 0 unspecified atom stereocenters. The van der Waals surface area contributed by atoms with E-state index < -0.39 is 0 Å². The van der Waals surface area contributed by atoms with Crippen molar-refractivity contribution in [1.29, 1.82) is 10.5 Å². The van der Waals surface area contributed by atoms with Gasteiger partial charge in [-0.3, -0.25) is 0 Å². The van der Waals surface area contributed by atoms with Crippen LogP contribution in [0.4, 0.5) is 11.4 Å². The number of nitrogens with two attached hydrogens (primary N) is 1. The Morgan fingerprint density at radius 2 is 1.78 bits per heavy atom. The van der Waals surface area contributed by atoms with Crippen molar-refractivity contribution in [1.82, 2.24) is 4.57 Å². The van der Waals surface area contributed by atoms with Crippen molar-refractivity contribution in [3.05, 3.63) is 51.2 Å². The fraction of sp³-hybridized carbons (Fsp3) is 0.167. The molecule has 0 bridgehead atoms. The SMILES string of the molecule is CCCn1c2cc(/C=C(/C)C#N)sc2c2sc(/C=C(\C#N)c3cccc(N=S)c3N)cc21. The molecule has 0 saturated carbocycles. The number of allylic oxidation sites excluding steroid dienone is 2. The molecule has 0 aliphatic carbocycles. The molecule has 4 aromatic rings. The van der Waals surface area contributed by atoms with Gasteiger partial charge in [0.05, 0.1) is 43.8 Å². The highest BCUT2D eigenvalue weighted by Gasteiger charge is 2.17. The number of hydrogen-bond donors (Lipinski definition) is 1. The lowest BCUT2D eigenvalue weighted by atomic mass is 10.0. The molecule has 0 saturated heterocycles. The number of para-hydroxylation sites is 1. The van der Waals surface area contributed by atoms with E-state index in [1.54, 1.807) is 34.8 Å². The van der Waals surface area contributed by atoms with Gasteiger partial charge >= 0.3 is 0 Å². The van der Waals surface area contributed by atoms with Crippen molar-refractivity contribution < 1.29 is 0 Å². The van der Waals surface area contributed by atoms with Crippen LogP contribution in [0.25, 0.3) is 38.2 Å². The van der Waals surface area contributed by atoms with Gasteiger partial charge in [0.2, 0.25) is 0 Å². The summed E-state index contributed by atoms with van der Waals surface area (Å²) >= 11 is 8.14. The van der Waals surface area contributed by atoms with Crippen LogP contribution in [0.1, 0.15) is 35.6 Å². The predicted octanol–water partition coefficient (Wildman–Crippen LogP) is 7.26. The van der Waals surface area contributed by atoms with Crippen LogP contribution in [0.3, 0.4) is 0 Å². The molecule has 0 atom stereocenters. The van der Waals surface area contributed by atoms with Gasteiger partial charge in [0.1, 0.15) is 5.69 Å². The predicted molar refractivity (Wildman–Crippen MR) is 139 cm³/mol. The summed E-state index contributed by atoms with van der Waals surface area (Å²) in [4.78, 5) is 2.05. The first-order valence-electron chi connectivity index (χ1n) is 9.98. The number of thiophene rings is 2. The van der Waals surface area contributed by atoms with Crippen molar-refractivity contribution in [2.24, 2.45) is 4.36 Å². The highest BCUT2D eigenvalue weighted by molar-refractivity contribution is 7.47. The second-order valence-electron chi connectivity index (χ2n) is 7.32. The van der Waals surface area contributed by atoms with Gasteiger partial charge in [-0.2, -0.15) is 14.9 Å². The first-order chi connectivity index (χ1) is 15.5. The monoisotopic (exact) mass is 473 g/mol. The number of nitriles is 2. The fourth-order valence-corrected chi connectivity index (χ4v) is 6.26. The van der Waals surface area contributed by atoms with Gasteiger partial charge < -0.3 is 10.3 Å². The number of anilines is 1. The fourth-order valence-electron chi connectivity index (χ4n) is 3.69. The van der Waals surface area contributed by atoms with Gasteiger partial charge in [-0.15, -0.1) is 22.7 Å². The molecule has 2 N–H and O–H groups in total. The van der Waals surface area contributed by atoms with Gasteiger partial charge in [-0.05, 0) is 43.7 Å². The third kappa shape index (κ3) is 3.85. The van der Waals surface area contributed by atoms with Crippen LogP contribution in [0.5, 0.6) is 0 Å². The number of nitrogen functional groups attached to an aromatic ring is 1. The van der Waals surface area contributed by atoms with Gasteiger partial charge in [-0.25, -0.2) is 0 Å². The molecule has 0 amide bonds. The van der Waals surface area contributed by atoms with E-state index in [0.717, 1.165) is 28.2 Å². The quantitative estimate of drug-likeness (QED) is 0.236. The number of aromatic nitrogens is 1. The summed E-state index contributed by atoms with van der Waals surface area (Å²) in [6.07, 6.45) is 4.81. The highest BCUT2D eigenvalue weighted by atomic mass is 32.1. The number of aryl methyl sites for hydroxylation is 1. The van der Waals surface area contributed by atoms with Crippen LogP contribution >= 0.6 is 22.7 Å². The molecule has 0 aliphatic rings. The normalized spacial score (nSPS) is 12.2. The standard InChI is InChI=1S/C24H19N5S3/c1-3-7-29-20-10-16(8-14(2)12-25)31-23(20)24-21(29)11-17(32-24)9-15(13-26)18-5-4-6-19(28-30)22(18)27/h4-6,8-11H,3,7,27H2,1-2H3/b14-8-,15-9+. The van der Waals surface area contributed by atoms with Crippen LogP contribution in [0, 0.1) is 22.7 Å². The summed E-state index contributed by atoms with van der Waals surface area (Å²) in [5.41, 5.74) is 11.3. The third-order valence-corrected chi connectivity index (χ3v) is 7.62. The van der Waals surface area contributed by atoms with Crippen LogP contribution in [-0.4, -0.2) is 4.57 Å². The second-order valence-corrected chi connectivity index (χ2v) is 9.67. The van der Waals surface area contributed by atoms with E-state index >= 15 is 0 Å². The molecule has 0 fully saturated rings. The molecule has 32 heavy (non-hydrogen) atoms. The molecule has 3 aromatic heterocycles. The van der Waals surface area contributed by atoms with Crippen molar-refractivity contribution in [3.8, 4) is 12.1 Å². The number of fused-ring (bicyclic) bond motifs is 3. The number of hydrogen-bond acceptors (Lipinski definition) is 7. The summed E-state index contributed by atoms with van der Waals surface area (Å²) in [6.45, 7) is 4.88. The van der Waals surface area contributed by atoms with Crippen LogP contribution < -0.4 is 5.73 Å². The minimum Gasteiger partial charge on any atom is -0.396 e. The van der Waals surface area contributed by atoms with Crippen molar-refractivity contribution in [3.63, 3.8) is 0 Å². The minimum absolute atomic E-state index is 0.414. The van der Waals surface area contributed by atoms with Gasteiger partial charge in [0.15, 0.2) is 0 Å². The number of nitrogens with zero attached hydrogens (tertiary/aromatic N) is 4. The molecule has 8 heteroatoms. The first-order valence-corrected chi connectivity index (χ1v) is 12.0. The van der Waals surface area contributed by atoms with Crippen molar-refractivity contribution in [2.45, 2.75) is 26.8 Å². The first kappa shape index (κ1) is 21.9. The zero-order valence-electron chi connectivity index (χ0n) is 17.5. The topological polar surface area (TPSA) is 90.9 Å². The zero-order valence-corrected chi connectivity index (χ0v) is 20.0. The Hall–Kier alpha value is -3.30. The number of rotatable bonds is 6. The average Bonchev–Trinajstić information content (AvgIpc) is 3.45. The Labute approximate surface area is 199 Å². The molecule has 0 aliphatic heterocycles. The largest absolute Gasteiger partial charge is 0.396 e. The van der Waals surface area contributed by atoms with Gasteiger partial charge in [0.25, 0.3) is 0 Å². The molecule has 0 spiro atoms. The molecule has 3 heterocycles.